The SMILES string of the molecule is [C-]#[N+]c1cccc(-c2ccc(C=Cc3nc(-c4ccc(Cl)cc4Cl)cn3Cc3ccc(C(=O)O)cc3)cc2)c1. The number of nitrogens with zero attached hydrogens (tertiary/aromatic N) is 3. The lowest BCUT2D eigenvalue weighted by Gasteiger charge is -2.06. The molecule has 5 aromatic rings. The summed E-state index contributed by atoms with van der Waals surface area (Å²) in [6.45, 7) is 7.73. The minimum atomic E-state index is -0.961. The number of carbonyl (C=O) groups is 1. The summed E-state index contributed by atoms with van der Waals surface area (Å²) in [4.78, 5) is 19.6. The van der Waals surface area contributed by atoms with Crippen LogP contribution >= 0.6 is 23.2 Å². The van der Waals surface area contributed by atoms with E-state index in [0.717, 1.165) is 27.8 Å². The van der Waals surface area contributed by atoms with E-state index in [1.165, 1.54) is 0 Å². The zero-order chi connectivity index (χ0) is 27.4. The molecule has 0 spiro atoms. The molecule has 0 amide bonds. The Morgan fingerprint density at radius 2 is 1.69 bits per heavy atom. The molecule has 0 saturated heterocycles. The van der Waals surface area contributed by atoms with E-state index in [1.54, 1.807) is 42.5 Å². The minimum Gasteiger partial charge on any atom is -0.478 e. The average Bonchev–Trinajstić information content (AvgIpc) is 3.34. The van der Waals surface area contributed by atoms with Gasteiger partial charge in [-0.2, -0.15) is 0 Å². The topological polar surface area (TPSA) is 59.5 Å². The number of rotatable bonds is 7. The van der Waals surface area contributed by atoms with Crippen LogP contribution in [0.4, 0.5) is 5.69 Å². The van der Waals surface area contributed by atoms with Gasteiger partial charge in [0.2, 0.25) is 0 Å². The molecule has 5 nitrogen and oxygen atoms in total. The third-order valence-corrected chi connectivity index (χ3v) is 6.76. The molecule has 0 saturated carbocycles. The van der Waals surface area contributed by atoms with Gasteiger partial charge in [-0.25, -0.2) is 14.6 Å². The summed E-state index contributed by atoms with van der Waals surface area (Å²) < 4.78 is 2.00. The molecule has 0 aliphatic carbocycles. The van der Waals surface area contributed by atoms with Crippen molar-refractivity contribution in [3.05, 3.63) is 141 Å². The summed E-state index contributed by atoms with van der Waals surface area (Å²) in [6, 6.07) is 27.7. The summed E-state index contributed by atoms with van der Waals surface area (Å²) in [5, 5.41) is 10.3. The number of hydrogen-bond donors (Lipinski definition) is 1. The Labute approximate surface area is 236 Å². The van der Waals surface area contributed by atoms with Crippen molar-refractivity contribution in [2.75, 3.05) is 0 Å². The molecule has 5 rings (SSSR count). The number of imidazole rings is 1. The zero-order valence-corrected chi connectivity index (χ0v) is 22.1. The maximum atomic E-state index is 11.2. The predicted octanol–water partition coefficient (Wildman–Crippen LogP) is 8.99. The Bertz CT molecular complexity index is 1730. The highest BCUT2D eigenvalue weighted by Gasteiger charge is 2.12. The Balaban J connectivity index is 1.45. The van der Waals surface area contributed by atoms with Gasteiger partial charge < -0.3 is 9.67 Å². The van der Waals surface area contributed by atoms with Crippen molar-refractivity contribution >= 4 is 47.0 Å². The highest BCUT2D eigenvalue weighted by molar-refractivity contribution is 6.36. The molecule has 39 heavy (non-hydrogen) atoms. The first-order valence-electron chi connectivity index (χ1n) is 12.0. The van der Waals surface area contributed by atoms with Crippen molar-refractivity contribution in [1.29, 1.82) is 0 Å². The van der Waals surface area contributed by atoms with Crippen LogP contribution in [0.25, 0.3) is 39.4 Å². The molecule has 1 heterocycles. The summed E-state index contributed by atoms with van der Waals surface area (Å²) in [5.41, 5.74) is 6.27. The van der Waals surface area contributed by atoms with Crippen molar-refractivity contribution in [2.24, 2.45) is 0 Å². The van der Waals surface area contributed by atoms with E-state index in [4.69, 9.17) is 34.8 Å². The molecule has 190 valence electrons. The number of aromatic nitrogens is 2. The Hall–Kier alpha value is -4.63. The van der Waals surface area contributed by atoms with Crippen LogP contribution in [0, 0.1) is 6.57 Å². The first-order valence-corrected chi connectivity index (χ1v) is 12.8. The molecule has 4 aromatic carbocycles. The normalized spacial score (nSPS) is 11.0. The third-order valence-electron chi connectivity index (χ3n) is 6.21. The quantitative estimate of drug-likeness (QED) is 0.206. The van der Waals surface area contributed by atoms with E-state index in [9.17, 15) is 9.90 Å². The molecule has 0 radical (unpaired) electrons. The lowest BCUT2D eigenvalue weighted by Crippen LogP contribution is -2.02. The van der Waals surface area contributed by atoms with Gasteiger partial charge in [0.1, 0.15) is 5.82 Å². The zero-order valence-electron chi connectivity index (χ0n) is 20.6. The number of aromatic carboxylic acids is 1. The second-order valence-corrected chi connectivity index (χ2v) is 9.70. The molecule has 0 unspecified atom stereocenters. The van der Waals surface area contributed by atoms with E-state index in [2.05, 4.69) is 4.85 Å². The van der Waals surface area contributed by atoms with E-state index in [1.807, 2.05) is 71.4 Å². The lowest BCUT2D eigenvalue weighted by atomic mass is 10.0. The van der Waals surface area contributed by atoms with Gasteiger partial charge in [-0.05, 0) is 64.7 Å². The van der Waals surface area contributed by atoms with E-state index in [0.29, 0.717) is 33.8 Å². The monoisotopic (exact) mass is 549 g/mol. The summed E-state index contributed by atoms with van der Waals surface area (Å²) in [6.07, 6.45) is 5.85. The van der Waals surface area contributed by atoms with Gasteiger partial charge in [0.25, 0.3) is 0 Å². The molecule has 1 aromatic heterocycles. The maximum absolute atomic E-state index is 11.2. The lowest BCUT2D eigenvalue weighted by molar-refractivity contribution is 0.0697. The highest BCUT2D eigenvalue weighted by Crippen LogP contribution is 2.31. The standard InChI is InChI=1S/C32H21Cl2N3O2/c1-35-27-4-2-3-25(17-27)23-10-5-21(6-11-23)9-16-31-36-30(28-15-14-26(33)18-29(28)34)20-37(31)19-22-7-12-24(13-8-22)32(38)39/h2-18,20H,19H2,(H,38,39). The number of carboxylic acid groups (broad SMARTS) is 1. The first kappa shape index (κ1) is 26.0. The second-order valence-electron chi connectivity index (χ2n) is 8.86. The summed E-state index contributed by atoms with van der Waals surface area (Å²) in [5.74, 6) is -0.246. The molecule has 1 N–H and O–H groups in total. The predicted molar refractivity (Wildman–Crippen MR) is 157 cm³/mol. The second kappa shape index (κ2) is 11.4. The fourth-order valence-electron chi connectivity index (χ4n) is 4.18. The van der Waals surface area contributed by atoms with Crippen LogP contribution < -0.4 is 0 Å². The summed E-state index contributed by atoms with van der Waals surface area (Å²) in [7, 11) is 0. The van der Waals surface area contributed by atoms with Crippen molar-refractivity contribution in [1.82, 2.24) is 9.55 Å². The molecule has 0 fully saturated rings. The molecule has 0 aliphatic heterocycles. The molecule has 0 aliphatic rings. The fraction of sp³-hybridized carbons (Fsp3) is 0.0312. The number of hydrogen-bond acceptors (Lipinski definition) is 2. The Kier molecular flexibility index (Phi) is 7.60. The van der Waals surface area contributed by atoms with Gasteiger partial charge in [-0.3, -0.25) is 0 Å². The average molecular weight is 550 g/mol. The van der Waals surface area contributed by atoms with Gasteiger partial charge in [0, 0.05) is 23.3 Å². The molecule has 0 atom stereocenters. The largest absolute Gasteiger partial charge is 0.478 e. The van der Waals surface area contributed by atoms with E-state index >= 15 is 0 Å². The van der Waals surface area contributed by atoms with Crippen LogP contribution in [0.2, 0.25) is 10.0 Å². The smallest absolute Gasteiger partial charge is 0.335 e. The maximum Gasteiger partial charge on any atom is 0.335 e. The molecular formula is C32H21Cl2N3O2. The van der Waals surface area contributed by atoms with Gasteiger partial charge in [0.15, 0.2) is 5.69 Å². The number of carboxylic acids is 1. The number of benzene rings is 4. The molecular weight excluding hydrogens is 529 g/mol. The van der Waals surface area contributed by atoms with Crippen LogP contribution in [0.15, 0.2) is 97.2 Å². The highest BCUT2D eigenvalue weighted by atomic mass is 35.5. The summed E-state index contributed by atoms with van der Waals surface area (Å²) >= 11 is 12.6. The van der Waals surface area contributed by atoms with Crippen LogP contribution in [-0.2, 0) is 6.54 Å². The van der Waals surface area contributed by atoms with Gasteiger partial charge in [-0.15, -0.1) is 0 Å². The number of halogens is 2. The van der Waals surface area contributed by atoms with Crippen LogP contribution in [0.1, 0.15) is 27.3 Å². The minimum absolute atomic E-state index is 0.238. The van der Waals surface area contributed by atoms with Gasteiger partial charge >= 0.3 is 5.97 Å². The van der Waals surface area contributed by atoms with Crippen molar-refractivity contribution in [3.8, 4) is 22.4 Å². The molecule has 7 heteroatoms. The van der Waals surface area contributed by atoms with Crippen molar-refractivity contribution < 1.29 is 9.90 Å². The van der Waals surface area contributed by atoms with E-state index in [-0.39, 0.29) is 5.56 Å². The van der Waals surface area contributed by atoms with Crippen LogP contribution in [0.5, 0.6) is 0 Å². The third kappa shape index (κ3) is 6.10. The Morgan fingerprint density at radius 3 is 2.38 bits per heavy atom. The first-order chi connectivity index (χ1) is 18.9. The van der Waals surface area contributed by atoms with Crippen LogP contribution in [0.3, 0.4) is 0 Å². The van der Waals surface area contributed by atoms with Crippen LogP contribution in [-0.4, -0.2) is 20.6 Å². The van der Waals surface area contributed by atoms with Gasteiger partial charge in [0.05, 0.1) is 22.9 Å². The fourth-order valence-corrected chi connectivity index (χ4v) is 4.68. The van der Waals surface area contributed by atoms with Gasteiger partial charge in [-0.1, -0.05) is 83.9 Å². The Morgan fingerprint density at radius 1 is 0.923 bits per heavy atom. The van der Waals surface area contributed by atoms with Crippen molar-refractivity contribution in [3.63, 3.8) is 0 Å². The molecule has 0 bridgehead atoms. The van der Waals surface area contributed by atoms with E-state index < -0.39 is 5.97 Å². The van der Waals surface area contributed by atoms with Crippen molar-refractivity contribution in [2.45, 2.75) is 6.54 Å².